The highest BCUT2D eigenvalue weighted by molar-refractivity contribution is 7.17. The summed E-state index contributed by atoms with van der Waals surface area (Å²) in [6, 6.07) is 8.37. The second-order valence-corrected chi connectivity index (χ2v) is 6.27. The van der Waals surface area contributed by atoms with Crippen molar-refractivity contribution in [2.75, 3.05) is 11.4 Å². The van der Waals surface area contributed by atoms with E-state index in [9.17, 15) is 4.79 Å². The van der Waals surface area contributed by atoms with Crippen LogP contribution in [-0.4, -0.2) is 17.8 Å². The third-order valence-electron chi connectivity index (χ3n) is 3.72. The van der Waals surface area contributed by atoms with Gasteiger partial charge in [0.05, 0.1) is 10.6 Å². The van der Waals surface area contributed by atoms with E-state index in [1.807, 2.05) is 0 Å². The van der Waals surface area contributed by atoms with E-state index in [1.165, 1.54) is 16.9 Å². The first-order valence-corrected chi connectivity index (χ1v) is 8.22. The zero-order chi connectivity index (χ0) is 15.4. The molecule has 1 heterocycles. The van der Waals surface area contributed by atoms with Crippen molar-refractivity contribution >= 4 is 28.4 Å². The molecule has 0 bridgehead atoms. The molecule has 0 saturated carbocycles. The van der Waals surface area contributed by atoms with E-state index < -0.39 is 0 Å². The summed E-state index contributed by atoms with van der Waals surface area (Å²) in [7, 11) is 0. The van der Waals surface area contributed by atoms with E-state index >= 15 is 0 Å². The summed E-state index contributed by atoms with van der Waals surface area (Å²) < 4.78 is 0. The highest BCUT2D eigenvalue weighted by Crippen LogP contribution is 2.34. The van der Waals surface area contributed by atoms with Crippen LogP contribution in [0.15, 0.2) is 24.3 Å². The minimum atomic E-state index is 0.311. The smallest absolute Gasteiger partial charge is 0.190 e. The van der Waals surface area contributed by atoms with Crippen molar-refractivity contribution in [1.29, 1.82) is 0 Å². The highest BCUT2D eigenvalue weighted by Gasteiger charge is 2.19. The lowest BCUT2D eigenvalue weighted by molar-refractivity contribution is 0.112. The van der Waals surface area contributed by atoms with E-state index in [0.29, 0.717) is 5.92 Å². The van der Waals surface area contributed by atoms with Gasteiger partial charge in [0, 0.05) is 12.2 Å². The maximum atomic E-state index is 11.3. The second kappa shape index (κ2) is 6.85. The van der Waals surface area contributed by atoms with E-state index in [4.69, 9.17) is 4.98 Å². The van der Waals surface area contributed by atoms with Gasteiger partial charge < -0.3 is 4.90 Å². The molecule has 1 aromatic heterocycles. The molecule has 21 heavy (non-hydrogen) atoms. The SMILES string of the molecule is CCC(C)c1nc(N(CC)c2cccc(C)c2)sc1C=O. The molecule has 2 rings (SSSR count). The second-order valence-electron chi connectivity index (χ2n) is 5.26. The molecule has 0 fully saturated rings. The van der Waals surface area contributed by atoms with Gasteiger partial charge in [-0.2, -0.15) is 0 Å². The quantitative estimate of drug-likeness (QED) is 0.709. The largest absolute Gasteiger partial charge is 0.318 e. The predicted octanol–water partition coefficient (Wildman–Crippen LogP) is 4.94. The number of carbonyl (C=O) groups excluding carboxylic acids is 1. The summed E-state index contributed by atoms with van der Waals surface area (Å²) in [6.07, 6.45) is 1.92. The minimum Gasteiger partial charge on any atom is -0.318 e. The van der Waals surface area contributed by atoms with Gasteiger partial charge in [0.25, 0.3) is 0 Å². The molecular formula is C17H22N2OS. The van der Waals surface area contributed by atoms with Gasteiger partial charge in [0.1, 0.15) is 0 Å². The minimum absolute atomic E-state index is 0.311. The molecule has 1 aromatic carbocycles. The topological polar surface area (TPSA) is 33.2 Å². The van der Waals surface area contributed by atoms with Gasteiger partial charge >= 0.3 is 0 Å². The summed E-state index contributed by atoms with van der Waals surface area (Å²) >= 11 is 1.48. The summed E-state index contributed by atoms with van der Waals surface area (Å²) in [5.74, 6) is 0.311. The van der Waals surface area contributed by atoms with Crippen molar-refractivity contribution in [3.05, 3.63) is 40.4 Å². The van der Waals surface area contributed by atoms with Crippen molar-refractivity contribution in [1.82, 2.24) is 4.98 Å². The van der Waals surface area contributed by atoms with Gasteiger partial charge in [-0.15, -0.1) is 0 Å². The van der Waals surface area contributed by atoms with Gasteiger partial charge in [-0.3, -0.25) is 4.79 Å². The van der Waals surface area contributed by atoms with Gasteiger partial charge in [-0.1, -0.05) is 37.3 Å². The number of nitrogens with zero attached hydrogens (tertiary/aromatic N) is 2. The number of hydrogen-bond donors (Lipinski definition) is 0. The van der Waals surface area contributed by atoms with Crippen LogP contribution in [0.2, 0.25) is 0 Å². The number of benzene rings is 1. The Morgan fingerprint density at radius 3 is 2.71 bits per heavy atom. The molecule has 4 heteroatoms. The van der Waals surface area contributed by atoms with Gasteiger partial charge in [0.15, 0.2) is 11.4 Å². The monoisotopic (exact) mass is 302 g/mol. The molecule has 0 N–H and O–H groups in total. The molecule has 0 aliphatic rings. The molecule has 0 amide bonds. The summed E-state index contributed by atoms with van der Waals surface area (Å²) in [6.45, 7) is 9.26. The first kappa shape index (κ1) is 15.7. The number of carbonyl (C=O) groups is 1. The van der Waals surface area contributed by atoms with Crippen LogP contribution in [0, 0.1) is 6.92 Å². The number of thiazole rings is 1. The molecule has 0 spiro atoms. The van der Waals surface area contributed by atoms with Crippen LogP contribution in [-0.2, 0) is 0 Å². The molecule has 3 nitrogen and oxygen atoms in total. The number of rotatable bonds is 6. The lowest BCUT2D eigenvalue weighted by Gasteiger charge is -2.20. The number of aromatic nitrogens is 1. The van der Waals surface area contributed by atoms with Gasteiger partial charge in [0.2, 0.25) is 0 Å². The summed E-state index contributed by atoms with van der Waals surface area (Å²) in [5, 5.41) is 0.903. The highest BCUT2D eigenvalue weighted by atomic mass is 32.1. The Labute approximate surface area is 130 Å². The zero-order valence-corrected chi connectivity index (χ0v) is 13.9. The number of anilines is 2. The Kier molecular flexibility index (Phi) is 5.12. The molecule has 1 atom stereocenters. The average Bonchev–Trinajstić information content (AvgIpc) is 2.91. The Hall–Kier alpha value is -1.68. The zero-order valence-electron chi connectivity index (χ0n) is 13.1. The number of aldehydes is 1. The molecular weight excluding hydrogens is 280 g/mol. The van der Waals surface area contributed by atoms with Crippen LogP contribution in [0.5, 0.6) is 0 Å². The molecule has 1 unspecified atom stereocenters. The van der Waals surface area contributed by atoms with Crippen LogP contribution < -0.4 is 4.90 Å². The Bertz CT molecular complexity index is 621. The first-order valence-electron chi connectivity index (χ1n) is 7.40. The summed E-state index contributed by atoms with van der Waals surface area (Å²) in [5.41, 5.74) is 3.28. The van der Waals surface area contributed by atoms with Crippen molar-refractivity contribution in [2.45, 2.75) is 40.0 Å². The summed E-state index contributed by atoms with van der Waals surface area (Å²) in [4.78, 5) is 19.0. The van der Waals surface area contributed by atoms with Crippen LogP contribution in [0.25, 0.3) is 0 Å². The van der Waals surface area contributed by atoms with Crippen molar-refractivity contribution in [3.8, 4) is 0 Å². The normalized spacial score (nSPS) is 12.2. The Morgan fingerprint density at radius 2 is 2.14 bits per heavy atom. The van der Waals surface area contributed by atoms with Gasteiger partial charge in [-0.25, -0.2) is 4.98 Å². The third kappa shape index (κ3) is 3.32. The predicted molar refractivity (Wildman–Crippen MR) is 90.1 cm³/mol. The van der Waals surface area contributed by atoms with Crippen LogP contribution >= 0.6 is 11.3 Å². The molecule has 2 aromatic rings. The van der Waals surface area contributed by atoms with Crippen molar-refractivity contribution < 1.29 is 4.79 Å². The standard InChI is InChI=1S/C17H22N2OS/c1-5-13(4)16-15(11-20)21-17(18-16)19(6-2)14-9-7-8-12(3)10-14/h7-11,13H,5-6H2,1-4H3. The maximum absolute atomic E-state index is 11.3. The van der Waals surface area contributed by atoms with Crippen molar-refractivity contribution in [2.24, 2.45) is 0 Å². The molecule has 0 radical (unpaired) electrons. The lowest BCUT2D eigenvalue weighted by atomic mass is 10.0. The van der Waals surface area contributed by atoms with E-state index in [1.54, 1.807) is 0 Å². The molecule has 112 valence electrons. The Balaban J connectivity index is 2.43. The van der Waals surface area contributed by atoms with Crippen LogP contribution in [0.1, 0.15) is 54.0 Å². The van der Waals surface area contributed by atoms with Crippen LogP contribution in [0.3, 0.4) is 0 Å². The number of hydrogen-bond acceptors (Lipinski definition) is 4. The lowest BCUT2D eigenvalue weighted by Crippen LogP contribution is -2.16. The van der Waals surface area contributed by atoms with E-state index in [-0.39, 0.29) is 0 Å². The third-order valence-corrected chi connectivity index (χ3v) is 4.74. The molecule has 0 aliphatic heterocycles. The van der Waals surface area contributed by atoms with Crippen molar-refractivity contribution in [3.63, 3.8) is 0 Å². The molecule has 0 saturated heterocycles. The Morgan fingerprint density at radius 1 is 1.38 bits per heavy atom. The van der Waals surface area contributed by atoms with Gasteiger partial charge in [-0.05, 0) is 43.9 Å². The first-order chi connectivity index (χ1) is 10.1. The molecule has 0 aliphatic carbocycles. The van der Waals surface area contributed by atoms with E-state index in [2.05, 4.69) is 56.9 Å². The maximum Gasteiger partial charge on any atom is 0.190 e. The fourth-order valence-corrected chi connectivity index (χ4v) is 3.39. The average molecular weight is 302 g/mol. The number of aryl methyl sites for hydroxylation is 1. The fraction of sp³-hybridized carbons (Fsp3) is 0.412. The van der Waals surface area contributed by atoms with Crippen LogP contribution in [0.4, 0.5) is 10.8 Å². The van der Waals surface area contributed by atoms with E-state index in [0.717, 1.165) is 40.6 Å². The fourth-order valence-electron chi connectivity index (χ4n) is 2.30.